The van der Waals surface area contributed by atoms with Crippen LogP contribution in [-0.4, -0.2) is 23.5 Å². The second kappa shape index (κ2) is 6.74. The summed E-state index contributed by atoms with van der Waals surface area (Å²) in [4.78, 5) is 26.6. The minimum Gasteiger partial charge on any atom is -0.381 e. The van der Waals surface area contributed by atoms with Gasteiger partial charge in [-0.2, -0.15) is 0 Å². The zero-order valence-electron chi connectivity index (χ0n) is 12.1. The van der Waals surface area contributed by atoms with Gasteiger partial charge in [0.1, 0.15) is 5.56 Å². The number of aromatic amines is 1. The number of benzene rings is 1. The molecule has 2 aromatic rings. The number of H-pyrrole nitrogens is 1. The normalized spacial score (nSPS) is 11.7. The van der Waals surface area contributed by atoms with Gasteiger partial charge in [-0.25, -0.2) is 0 Å². The molecule has 1 atom stereocenters. The van der Waals surface area contributed by atoms with Gasteiger partial charge in [0, 0.05) is 36.2 Å². The number of aryl methyl sites for hydroxylation is 1. The second-order valence-corrected chi connectivity index (χ2v) is 5.02. The molecule has 5 heteroatoms. The number of rotatable bonds is 5. The van der Waals surface area contributed by atoms with E-state index in [1.54, 1.807) is 6.92 Å². The van der Waals surface area contributed by atoms with Crippen molar-refractivity contribution in [3.8, 4) is 0 Å². The third kappa shape index (κ3) is 4.21. The van der Waals surface area contributed by atoms with Crippen LogP contribution in [-0.2, 0) is 0 Å². The molecule has 0 spiro atoms. The Labute approximate surface area is 123 Å². The molecule has 1 amide bonds. The third-order valence-electron chi connectivity index (χ3n) is 3.06. The summed E-state index contributed by atoms with van der Waals surface area (Å²) < 4.78 is 0. The van der Waals surface area contributed by atoms with Crippen molar-refractivity contribution in [1.82, 2.24) is 10.3 Å². The molecule has 0 unspecified atom stereocenters. The van der Waals surface area contributed by atoms with Crippen molar-refractivity contribution >= 4 is 11.6 Å². The fourth-order valence-electron chi connectivity index (χ4n) is 1.96. The molecular formula is C16H19N3O2. The number of anilines is 1. The lowest BCUT2D eigenvalue weighted by Crippen LogP contribution is -2.36. The first-order valence-corrected chi connectivity index (χ1v) is 6.85. The topological polar surface area (TPSA) is 74.0 Å². The first kappa shape index (κ1) is 14.8. The molecule has 1 heterocycles. The maximum atomic E-state index is 12.0. The molecular weight excluding hydrogens is 266 g/mol. The molecule has 0 aliphatic heterocycles. The summed E-state index contributed by atoms with van der Waals surface area (Å²) in [6.07, 6.45) is 1.45. The van der Waals surface area contributed by atoms with Gasteiger partial charge in [-0.15, -0.1) is 0 Å². The first-order chi connectivity index (χ1) is 10.1. The van der Waals surface area contributed by atoms with Crippen LogP contribution < -0.4 is 16.1 Å². The zero-order chi connectivity index (χ0) is 15.2. The lowest BCUT2D eigenvalue weighted by atomic mass is 10.2. The van der Waals surface area contributed by atoms with E-state index in [4.69, 9.17) is 0 Å². The van der Waals surface area contributed by atoms with Crippen molar-refractivity contribution in [2.24, 2.45) is 0 Å². The summed E-state index contributed by atoms with van der Waals surface area (Å²) in [5.74, 6) is -0.363. The fourth-order valence-corrected chi connectivity index (χ4v) is 1.96. The van der Waals surface area contributed by atoms with Gasteiger partial charge < -0.3 is 15.6 Å². The van der Waals surface area contributed by atoms with Gasteiger partial charge in [-0.05, 0) is 26.0 Å². The average molecular weight is 285 g/mol. The van der Waals surface area contributed by atoms with Gasteiger partial charge in [0.2, 0.25) is 0 Å². The summed E-state index contributed by atoms with van der Waals surface area (Å²) in [6.45, 7) is 4.17. The van der Waals surface area contributed by atoms with E-state index >= 15 is 0 Å². The number of pyridine rings is 1. The molecule has 0 bridgehead atoms. The highest BCUT2D eigenvalue weighted by Crippen LogP contribution is 2.06. The minimum atomic E-state index is -0.363. The van der Waals surface area contributed by atoms with Gasteiger partial charge in [0.25, 0.3) is 5.91 Å². The number of aromatic nitrogens is 1. The number of para-hydroxylation sites is 1. The number of amides is 1. The highest BCUT2D eigenvalue weighted by Gasteiger charge is 2.11. The quantitative estimate of drug-likeness (QED) is 0.785. The predicted octanol–water partition coefficient (Wildman–Crippen LogP) is 1.91. The number of hydrogen-bond acceptors (Lipinski definition) is 3. The molecule has 0 aliphatic carbocycles. The van der Waals surface area contributed by atoms with Crippen LogP contribution in [0.1, 0.15) is 23.0 Å². The first-order valence-electron chi connectivity index (χ1n) is 6.85. The Hall–Kier alpha value is -2.56. The summed E-state index contributed by atoms with van der Waals surface area (Å²) in [6, 6.07) is 11.2. The smallest absolute Gasteiger partial charge is 0.256 e. The monoisotopic (exact) mass is 285 g/mol. The van der Waals surface area contributed by atoms with E-state index < -0.39 is 0 Å². The number of carbonyl (C=O) groups is 1. The van der Waals surface area contributed by atoms with Crippen molar-refractivity contribution in [2.45, 2.75) is 19.9 Å². The molecule has 0 saturated heterocycles. The van der Waals surface area contributed by atoms with E-state index in [1.807, 2.05) is 37.3 Å². The Balaban J connectivity index is 1.90. The lowest BCUT2D eigenvalue weighted by molar-refractivity contribution is 0.0951. The van der Waals surface area contributed by atoms with Crippen molar-refractivity contribution in [3.63, 3.8) is 0 Å². The van der Waals surface area contributed by atoms with Crippen LogP contribution in [0.4, 0.5) is 5.69 Å². The Morgan fingerprint density at radius 3 is 2.67 bits per heavy atom. The molecule has 2 rings (SSSR count). The van der Waals surface area contributed by atoms with Crippen molar-refractivity contribution < 1.29 is 4.79 Å². The highest BCUT2D eigenvalue weighted by atomic mass is 16.2. The van der Waals surface area contributed by atoms with Gasteiger partial charge in [-0.1, -0.05) is 18.2 Å². The van der Waals surface area contributed by atoms with E-state index in [0.717, 1.165) is 11.4 Å². The Morgan fingerprint density at radius 1 is 1.29 bits per heavy atom. The van der Waals surface area contributed by atoms with Gasteiger partial charge in [0.05, 0.1) is 0 Å². The molecule has 110 valence electrons. The van der Waals surface area contributed by atoms with Crippen molar-refractivity contribution in [2.75, 3.05) is 11.9 Å². The molecule has 0 saturated carbocycles. The molecule has 5 nitrogen and oxygen atoms in total. The molecule has 3 N–H and O–H groups in total. The molecule has 1 aromatic heterocycles. The maximum Gasteiger partial charge on any atom is 0.256 e. The Kier molecular flexibility index (Phi) is 4.77. The van der Waals surface area contributed by atoms with Gasteiger partial charge >= 0.3 is 0 Å². The molecule has 1 aromatic carbocycles. The standard InChI is InChI=1S/C16H19N3O2/c1-11-8-15(20)14(10-17-11)16(21)18-9-12(2)19-13-6-4-3-5-7-13/h3-8,10,12,19H,9H2,1-2H3,(H,17,20)(H,18,21)/t12-/m1/s1. The van der Waals surface area contributed by atoms with Crippen LogP contribution in [0.3, 0.4) is 0 Å². The van der Waals surface area contributed by atoms with Crippen LogP contribution >= 0.6 is 0 Å². The molecule has 0 fully saturated rings. The van der Waals surface area contributed by atoms with Crippen LogP contribution in [0.25, 0.3) is 0 Å². The van der Waals surface area contributed by atoms with E-state index in [9.17, 15) is 9.59 Å². The largest absolute Gasteiger partial charge is 0.381 e. The summed E-state index contributed by atoms with van der Waals surface area (Å²) in [5.41, 5.74) is 1.59. The number of hydrogen-bond donors (Lipinski definition) is 3. The van der Waals surface area contributed by atoms with E-state index in [0.29, 0.717) is 6.54 Å². The van der Waals surface area contributed by atoms with Crippen LogP contribution in [0.2, 0.25) is 0 Å². The summed E-state index contributed by atoms with van der Waals surface area (Å²) in [7, 11) is 0. The highest BCUT2D eigenvalue weighted by molar-refractivity contribution is 5.93. The van der Waals surface area contributed by atoms with Gasteiger partial charge in [-0.3, -0.25) is 9.59 Å². The predicted molar refractivity (Wildman–Crippen MR) is 83.7 cm³/mol. The number of carbonyl (C=O) groups excluding carboxylic acids is 1. The average Bonchev–Trinajstić information content (AvgIpc) is 2.46. The van der Waals surface area contributed by atoms with E-state index in [2.05, 4.69) is 15.6 Å². The Bertz CT molecular complexity index is 665. The van der Waals surface area contributed by atoms with Crippen LogP contribution in [0.15, 0.2) is 47.4 Å². The fraction of sp³-hybridized carbons (Fsp3) is 0.250. The third-order valence-corrected chi connectivity index (χ3v) is 3.06. The van der Waals surface area contributed by atoms with Gasteiger partial charge in [0.15, 0.2) is 5.43 Å². The maximum absolute atomic E-state index is 12.0. The molecule has 0 radical (unpaired) electrons. The van der Waals surface area contributed by atoms with E-state index in [-0.39, 0.29) is 22.9 Å². The lowest BCUT2D eigenvalue weighted by Gasteiger charge is -2.15. The zero-order valence-corrected chi connectivity index (χ0v) is 12.1. The summed E-state index contributed by atoms with van der Waals surface area (Å²) >= 11 is 0. The minimum absolute atomic E-state index is 0.0564. The van der Waals surface area contributed by atoms with Crippen LogP contribution in [0.5, 0.6) is 0 Å². The molecule has 0 aliphatic rings. The second-order valence-electron chi connectivity index (χ2n) is 5.02. The van der Waals surface area contributed by atoms with Crippen molar-refractivity contribution in [1.29, 1.82) is 0 Å². The van der Waals surface area contributed by atoms with Crippen LogP contribution in [0, 0.1) is 6.92 Å². The number of nitrogens with one attached hydrogen (secondary N) is 3. The summed E-state index contributed by atoms with van der Waals surface area (Å²) in [5, 5.41) is 6.03. The molecule has 21 heavy (non-hydrogen) atoms. The van der Waals surface area contributed by atoms with Crippen molar-refractivity contribution in [3.05, 3.63) is 64.1 Å². The SMILES string of the molecule is Cc1cc(=O)c(C(=O)NC[C@@H](C)Nc2ccccc2)c[nH]1. The Morgan fingerprint density at radius 2 is 2.00 bits per heavy atom. The van der Waals surface area contributed by atoms with E-state index in [1.165, 1.54) is 12.3 Å².